The van der Waals surface area contributed by atoms with E-state index in [2.05, 4.69) is 9.47 Å². The number of methoxy groups -OCH3 is 2. The molecule has 0 aliphatic heterocycles. The van der Waals surface area contributed by atoms with E-state index in [1.807, 2.05) is 0 Å². The first-order valence-electron chi connectivity index (χ1n) is 3.67. The fourth-order valence-corrected chi connectivity index (χ4v) is 2.45. The molecule has 7 heteroatoms. The minimum absolute atomic E-state index is 0.00826. The number of carbonyl (C=O) groups is 2. The number of halogens is 2. The van der Waals surface area contributed by atoms with Crippen molar-refractivity contribution in [3.05, 3.63) is 19.8 Å². The molecular weight excluding hydrogens is 263 g/mol. The van der Waals surface area contributed by atoms with Gasteiger partial charge in [-0.1, -0.05) is 23.2 Å². The van der Waals surface area contributed by atoms with Crippen LogP contribution in [0.5, 0.6) is 0 Å². The summed E-state index contributed by atoms with van der Waals surface area (Å²) < 4.78 is 8.95. The van der Waals surface area contributed by atoms with Crippen molar-refractivity contribution in [1.29, 1.82) is 0 Å². The summed E-state index contributed by atoms with van der Waals surface area (Å²) in [5.74, 6) is -1.27. The minimum atomic E-state index is -0.637. The Kier molecular flexibility index (Phi) is 3.96. The van der Waals surface area contributed by atoms with Crippen LogP contribution in [0, 0.1) is 0 Å². The fourth-order valence-electron chi connectivity index (χ4n) is 0.839. The Morgan fingerprint density at radius 3 is 1.60 bits per heavy atom. The predicted molar refractivity (Wildman–Crippen MR) is 57.0 cm³/mol. The van der Waals surface area contributed by atoms with Crippen LogP contribution >= 0.6 is 34.5 Å². The third-order valence-electron chi connectivity index (χ3n) is 1.54. The second-order valence-electron chi connectivity index (χ2n) is 2.37. The molecule has 1 rings (SSSR count). The lowest BCUT2D eigenvalue weighted by Gasteiger charge is -1.93. The zero-order valence-electron chi connectivity index (χ0n) is 7.80. The van der Waals surface area contributed by atoms with Gasteiger partial charge in [0.25, 0.3) is 0 Å². The predicted octanol–water partition coefficient (Wildman–Crippen LogP) is 2.63. The van der Waals surface area contributed by atoms with E-state index in [1.54, 1.807) is 0 Å². The molecule has 0 amide bonds. The Balaban J connectivity index is 3.24. The molecule has 0 N–H and O–H groups in total. The highest BCUT2D eigenvalue weighted by molar-refractivity contribution is 7.17. The van der Waals surface area contributed by atoms with Gasteiger partial charge in [0.15, 0.2) is 0 Å². The van der Waals surface area contributed by atoms with Gasteiger partial charge in [0.1, 0.15) is 9.75 Å². The van der Waals surface area contributed by atoms with Gasteiger partial charge >= 0.3 is 11.9 Å². The molecule has 4 nitrogen and oxygen atoms in total. The van der Waals surface area contributed by atoms with Gasteiger partial charge in [-0.05, 0) is 0 Å². The van der Waals surface area contributed by atoms with E-state index in [4.69, 9.17) is 23.2 Å². The molecular formula is C8H6Cl2O4S. The number of esters is 2. The third-order valence-corrected chi connectivity index (χ3v) is 3.76. The standard InChI is InChI=1S/C8H6Cl2O4S/c1-13-7(11)5-3(9)4(10)6(15-5)8(12)14-2/h1-2H3. The quantitative estimate of drug-likeness (QED) is 0.774. The molecule has 82 valence electrons. The normalized spacial score (nSPS) is 9.87. The first kappa shape index (κ1) is 12.3. The van der Waals surface area contributed by atoms with Crippen LogP contribution in [0.15, 0.2) is 0 Å². The van der Waals surface area contributed by atoms with Gasteiger partial charge in [-0.25, -0.2) is 9.59 Å². The molecule has 0 bridgehead atoms. The molecule has 0 unspecified atom stereocenters. The Bertz CT molecular complexity index is 377. The van der Waals surface area contributed by atoms with E-state index in [-0.39, 0.29) is 19.8 Å². The first-order valence-corrected chi connectivity index (χ1v) is 5.24. The molecule has 1 heterocycles. The summed E-state index contributed by atoms with van der Waals surface area (Å²) in [5, 5.41) is 0.0165. The molecule has 0 radical (unpaired) electrons. The van der Waals surface area contributed by atoms with Crippen molar-refractivity contribution < 1.29 is 19.1 Å². The summed E-state index contributed by atoms with van der Waals surface area (Å²) in [4.78, 5) is 22.6. The number of carbonyl (C=O) groups excluding carboxylic acids is 2. The molecule has 1 aromatic heterocycles. The highest BCUT2D eigenvalue weighted by Crippen LogP contribution is 2.37. The van der Waals surface area contributed by atoms with E-state index in [9.17, 15) is 9.59 Å². The van der Waals surface area contributed by atoms with Crippen LogP contribution < -0.4 is 0 Å². The van der Waals surface area contributed by atoms with Crippen LogP contribution in [0.3, 0.4) is 0 Å². The van der Waals surface area contributed by atoms with Crippen molar-refractivity contribution in [3.8, 4) is 0 Å². The Labute approximate surface area is 99.7 Å². The molecule has 15 heavy (non-hydrogen) atoms. The van der Waals surface area contributed by atoms with Crippen molar-refractivity contribution in [2.75, 3.05) is 14.2 Å². The van der Waals surface area contributed by atoms with E-state index >= 15 is 0 Å². The lowest BCUT2D eigenvalue weighted by atomic mass is 10.4. The van der Waals surface area contributed by atoms with E-state index in [1.165, 1.54) is 14.2 Å². The highest BCUT2D eigenvalue weighted by Gasteiger charge is 2.25. The minimum Gasteiger partial charge on any atom is -0.465 e. The fraction of sp³-hybridized carbons (Fsp3) is 0.250. The summed E-state index contributed by atoms with van der Waals surface area (Å²) in [6.45, 7) is 0. The molecule has 0 aliphatic rings. The monoisotopic (exact) mass is 268 g/mol. The van der Waals surface area contributed by atoms with E-state index in [0.717, 1.165) is 11.3 Å². The smallest absolute Gasteiger partial charge is 0.349 e. The number of hydrogen-bond donors (Lipinski definition) is 0. The first-order chi connectivity index (χ1) is 7.02. The summed E-state index contributed by atoms with van der Waals surface area (Å²) in [6, 6.07) is 0. The Hall–Kier alpha value is -0.780. The largest absolute Gasteiger partial charge is 0.465 e. The summed E-state index contributed by atoms with van der Waals surface area (Å²) in [6.07, 6.45) is 0. The van der Waals surface area contributed by atoms with Crippen LogP contribution in [0.4, 0.5) is 0 Å². The van der Waals surface area contributed by atoms with Crippen molar-refractivity contribution in [2.24, 2.45) is 0 Å². The molecule has 0 spiro atoms. The van der Waals surface area contributed by atoms with Gasteiger partial charge in [-0.15, -0.1) is 11.3 Å². The van der Waals surface area contributed by atoms with Crippen LogP contribution in [0.2, 0.25) is 10.0 Å². The van der Waals surface area contributed by atoms with Crippen molar-refractivity contribution in [1.82, 2.24) is 0 Å². The molecule has 0 fully saturated rings. The molecule has 1 aromatic rings. The van der Waals surface area contributed by atoms with Gasteiger partial charge in [-0.3, -0.25) is 0 Å². The maximum absolute atomic E-state index is 11.2. The lowest BCUT2D eigenvalue weighted by Crippen LogP contribution is -1.99. The van der Waals surface area contributed by atoms with Gasteiger partial charge in [0.2, 0.25) is 0 Å². The number of ether oxygens (including phenoxy) is 2. The van der Waals surface area contributed by atoms with E-state index < -0.39 is 11.9 Å². The van der Waals surface area contributed by atoms with Crippen LogP contribution in [0.1, 0.15) is 19.3 Å². The average Bonchev–Trinajstić information content (AvgIpc) is 2.54. The van der Waals surface area contributed by atoms with Gasteiger partial charge in [0.05, 0.1) is 24.3 Å². The molecule has 0 saturated heterocycles. The van der Waals surface area contributed by atoms with Crippen LogP contribution in [-0.2, 0) is 9.47 Å². The Morgan fingerprint density at radius 2 is 1.33 bits per heavy atom. The molecule has 0 aromatic carbocycles. The van der Waals surface area contributed by atoms with Crippen molar-refractivity contribution in [2.45, 2.75) is 0 Å². The van der Waals surface area contributed by atoms with Crippen LogP contribution in [0.25, 0.3) is 0 Å². The topological polar surface area (TPSA) is 52.6 Å². The number of hydrogen-bond acceptors (Lipinski definition) is 5. The second kappa shape index (κ2) is 4.83. The van der Waals surface area contributed by atoms with E-state index in [0.29, 0.717) is 0 Å². The number of thiophene rings is 1. The average molecular weight is 269 g/mol. The molecule has 0 aliphatic carbocycles. The highest BCUT2D eigenvalue weighted by atomic mass is 35.5. The maximum Gasteiger partial charge on any atom is 0.349 e. The van der Waals surface area contributed by atoms with Gasteiger partial charge < -0.3 is 9.47 Å². The Morgan fingerprint density at radius 1 is 1.00 bits per heavy atom. The van der Waals surface area contributed by atoms with Gasteiger partial charge in [-0.2, -0.15) is 0 Å². The van der Waals surface area contributed by atoms with Gasteiger partial charge in [0, 0.05) is 0 Å². The zero-order valence-corrected chi connectivity index (χ0v) is 10.1. The lowest BCUT2D eigenvalue weighted by molar-refractivity contribution is 0.0599. The number of rotatable bonds is 2. The zero-order chi connectivity index (χ0) is 11.6. The second-order valence-corrected chi connectivity index (χ2v) is 4.15. The SMILES string of the molecule is COC(=O)c1sc(C(=O)OC)c(Cl)c1Cl. The van der Waals surface area contributed by atoms with Crippen molar-refractivity contribution >= 4 is 46.5 Å². The maximum atomic E-state index is 11.2. The summed E-state index contributed by atoms with van der Waals surface area (Å²) in [5.41, 5.74) is 0. The summed E-state index contributed by atoms with van der Waals surface area (Å²) >= 11 is 12.4. The molecule has 0 saturated carbocycles. The third kappa shape index (κ3) is 2.25. The van der Waals surface area contributed by atoms with Crippen LogP contribution in [-0.4, -0.2) is 26.2 Å². The molecule has 0 atom stereocenters. The van der Waals surface area contributed by atoms with Crippen molar-refractivity contribution in [3.63, 3.8) is 0 Å². The summed E-state index contributed by atoms with van der Waals surface area (Å²) in [7, 11) is 2.42.